The van der Waals surface area contributed by atoms with Crippen molar-refractivity contribution < 1.29 is 22.7 Å². The fourth-order valence-electron chi connectivity index (χ4n) is 3.73. The number of hydrogen-bond acceptors (Lipinski definition) is 5. The second kappa shape index (κ2) is 10.3. The number of morpholine rings is 1. The number of ether oxygens (including phenoxy) is 2. The molecule has 2 aromatic carbocycles. The van der Waals surface area contributed by atoms with Crippen molar-refractivity contribution in [3.05, 3.63) is 54.1 Å². The molecule has 8 heteroatoms. The summed E-state index contributed by atoms with van der Waals surface area (Å²) < 4.78 is 38.2. The van der Waals surface area contributed by atoms with Crippen LogP contribution >= 0.6 is 0 Å². The number of rotatable bonds is 8. The zero-order chi connectivity index (χ0) is 22.4. The second-order valence-corrected chi connectivity index (χ2v) is 9.58. The summed E-state index contributed by atoms with van der Waals surface area (Å²) in [5.41, 5.74) is 1.26. The van der Waals surface area contributed by atoms with Crippen LogP contribution in [-0.4, -0.2) is 52.0 Å². The zero-order valence-corrected chi connectivity index (χ0v) is 19.0. The van der Waals surface area contributed by atoms with Crippen LogP contribution in [0.5, 0.6) is 5.75 Å². The number of amides is 1. The van der Waals surface area contributed by atoms with E-state index in [4.69, 9.17) is 9.47 Å². The van der Waals surface area contributed by atoms with Crippen LogP contribution in [0.1, 0.15) is 31.7 Å². The van der Waals surface area contributed by atoms with Gasteiger partial charge in [-0.2, -0.15) is 4.31 Å². The smallest absolute Gasteiger partial charge is 0.243 e. The van der Waals surface area contributed by atoms with E-state index < -0.39 is 10.0 Å². The normalized spacial score (nSPS) is 17.0. The average Bonchev–Trinajstić information content (AvgIpc) is 2.80. The first kappa shape index (κ1) is 23.2. The van der Waals surface area contributed by atoms with E-state index in [2.05, 4.69) is 5.32 Å². The highest BCUT2D eigenvalue weighted by Gasteiger charge is 2.29. The standard InChI is InChI=1S/C23H30N2O5S/c1-4-17(2)22(18-8-6-5-7-9-18)23(26)24-20-16-19(10-11-21(20)29-3)31(27,28)25-12-14-30-15-13-25/h5-11,16-17,22H,4,12-15H2,1-3H3,(H,24,26)/t17-,22-/m0/s1. The third-order valence-electron chi connectivity index (χ3n) is 5.69. The Labute approximate surface area is 184 Å². The summed E-state index contributed by atoms with van der Waals surface area (Å²) in [6.45, 7) is 5.43. The highest BCUT2D eigenvalue weighted by Crippen LogP contribution is 2.33. The van der Waals surface area contributed by atoms with Gasteiger partial charge in [0.15, 0.2) is 0 Å². The van der Waals surface area contributed by atoms with Gasteiger partial charge in [0.1, 0.15) is 5.75 Å². The molecule has 0 spiro atoms. The van der Waals surface area contributed by atoms with Gasteiger partial charge in [-0.15, -0.1) is 0 Å². The van der Waals surface area contributed by atoms with E-state index in [1.807, 2.05) is 44.2 Å². The fourth-order valence-corrected chi connectivity index (χ4v) is 5.16. The van der Waals surface area contributed by atoms with Crippen molar-refractivity contribution in [2.45, 2.75) is 31.1 Å². The van der Waals surface area contributed by atoms with E-state index in [-0.39, 0.29) is 22.6 Å². The van der Waals surface area contributed by atoms with Crippen LogP contribution in [0.2, 0.25) is 0 Å². The van der Waals surface area contributed by atoms with Crippen LogP contribution in [-0.2, 0) is 19.6 Å². The van der Waals surface area contributed by atoms with Gasteiger partial charge in [0.25, 0.3) is 0 Å². The maximum Gasteiger partial charge on any atom is 0.243 e. The van der Waals surface area contributed by atoms with Crippen molar-refractivity contribution >= 4 is 21.6 Å². The number of nitrogens with zero attached hydrogens (tertiary/aromatic N) is 1. The van der Waals surface area contributed by atoms with E-state index in [1.54, 1.807) is 6.07 Å². The molecule has 1 aliphatic rings. The summed E-state index contributed by atoms with van der Waals surface area (Å²) in [4.78, 5) is 13.4. The van der Waals surface area contributed by atoms with Crippen LogP contribution < -0.4 is 10.1 Å². The molecule has 0 radical (unpaired) electrons. The topological polar surface area (TPSA) is 84.9 Å². The molecule has 1 amide bonds. The molecule has 2 atom stereocenters. The van der Waals surface area contributed by atoms with Crippen molar-refractivity contribution in [2.75, 3.05) is 38.7 Å². The molecule has 1 aliphatic heterocycles. The Hall–Kier alpha value is -2.42. The van der Waals surface area contributed by atoms with Crippen LogP contribution in [0, 0.1) is 5.92 Å². The third-order valence-corrected chi connectivity index (χ3v) is 7.59. The minimum Gasteiger partial charge on any atom is -0.495 e. The van der Waals surface area contributed by atoms with Gasteiger partial charge < -0.3 is 14.8 Å². The molecule has 0 aromatic heterocycles. The number of benzene rings is 2. The first-order chi connectivity index (χ1) is 14.9. The van der Waals surface area contributed by atoms with E-state index in [0.29, 0.717) is 37.7 Å². The number of hydrogen-bond donors (Lipinski definition) is 1. The Bertz CT molecular complexity index is 988. The van der Waals surface area contributed by atoms with Gasteiger partial charge in [-0.05, 0) is 29.7 Å². The molecule has 0 aliphatic carbocycles. The first-order valence-corrected chi connectivity index (χ1v) is 11.9. The summed E-state index contributed by atoms with van der Waals surface area (Å²) in [7, 11) is -2.20. The summed E-state index contributed by atoms with van der Waals surface area (Å²) >= 11 is 0. The Balaban J connectivity index is 1.92. The van der Waals surface area contributed by atoms with Crippen molar-refractivity contribution in [1.82, 2.24) is 4.31 Å². The highest BCUT2D eigenvalue weighted by atomic mass is 32.2. The van der Waals surface area contributed by atoms with Gasteiger partial charge in [-0.25, -0.2) is 8.42 Å². The quantitative estimate of drug-likeness (QED) is 0.671. The van der Waals surface area contributed by atoms with Crippen LogP contribution in [0.25, 0.3) is 0 Å². The SMILES string of the molecule is CC[C@H](C)[C@H](C(=O)Nc1cc(S(=O)(=O)N2CCOCC2)ccc1OC)c1ccccc1. The number of sulfonamides is 1. The Kier molecular flexibility index (Phi) is 7.69. The largest absolute Gasteiger partial charge is 0.495 e. The fraction of sp³-hybridized carbons (Fsp3) is 0.435. The molecule has 168 valence electrons. The highest BCUT2D eigenvalue weighted by molar-refractivity contribution is 7.89. The van der Waals surface area contributed by atoms with Crippen LogP contribution in [0.3, 0.4) is 0 Å². The predicted molar refractivity (Wildman–Crippen MR) is 120 cm³/mol. The molecular formula is C23H30N2O5S. The van der Waals surface area contributed by atoms with E-state index >= 15 is 0 Å². The molecule has 1 fully saturated rings. The molecule has 2 aromatic rings. The van der Waals surface area contributed by atoms with Gasteiger partial charge in [0, 0.05) is 13.1 Å². The van der Waals surface area contributed by atoms with Crippen molar-refractivity contribution in [1.29, 1.82) is 0 Å². The summed E-state index contributed by atoms with van der Waals surface area (Å²) in [5.74, 6) is -0.0471. The van der Waals surface area contributed by atoms with E-state index in [0.717, 1.165) is 12.0 Å². The summed E-state index contributed by atoms with van der Waals surface area (Å²) in [5, 5.41) is 2.92. The molecule has 31 heavy (non-hydrogen) atoms. The summed E-state index contributed by atoms with van der Waals surface area (Å²) in [6, 6.07) is 14.2. The number of methoxy groups -OCH3 is 1. The Morgan fingerprint density at radius 2 is 1.84 bits per heavy atom. The number of nitrogens with one attached hydrogen (secondary N) is 1. The molecule has 0 bridgehead atoms. The molecule has 1 heterocycles. The summed E-state index contributed by atoms with van der Waals surface area (Å²) in [6.07, 6.45) is 0.829. The van der Waals surface area contributed by atoms with E-state index in [1.165, 1.54) is 23.5 Å². The molecule has 7 nitrogen and oxygen atoms in total. The molecule has 1 saturated heterocycles. The second-order valence-electron chi connectivity index (χ2n) is 7.64. The zero-order valence-electron chi connectivity index (χ0n) is 18.2. The lowest BCUT2D eigenvalue weighted by Crippen LogP contribution is -2.40. The first-order valence-electron chi connectivity index (χ1n) is 10.5. The number of carbonyl (C=O) groups is 1. The van der Waals surface area contributed by atoms with Gasteiger partial charge in [-0.3, -0.25) is 4.79 Å². The molecule has 1 N–H and O–H groups in total. The molecular weight excluding hydrogens is 416 g/mol. The van der Waals surface area contributed by atoms with Gasteiger partial charge in [0.2, 0.25) is 15.9 Å². The van der Waals surface area contributed by atoms with E-state index in [9.17, 15) is 13.2 Å². The van der Waals surface area contributed by atoms with Gasteiger partial charge in [0.05, 0.1) is 36.8 Å². The number of carbonyl (C=O) groups excluding carboxylic acids is 1. The number of anilines is 1. The lowest BCUT2D eigenvalue weighted by Gasteiger charge is -2.26. The average molecular weight is 447 g/mol. The lowest BCUT2D eigenvalue weighted by atomic mass is 9.85. The molecule has 0 unspecified atom stereocenters. The monoisotopic (exact) mass is 446 g/mol. The van der Waals surface area contributed by atoms with Crippen molar-refractivity contribution in [3.63, 3.8) is 0 Å². The Morgan fingerprint density at radius 1 is 1.16 bits per heavy atom. The maximum absolute atomic E-state index is 13.3. The Morgan fingerprint density at radius 3 is 2.45 bits per heavy atom. The minimum absolute atomic E-state index is 0.105. The van der Waals surface area contributed by atoms with Gasteiger partial charge in [-0.1, -0.05) is 50.6 Å². The molecule has 3 rings (SSSR count). The third kappa shape index (κ3) is 5.26. The maximum atomic E-state index is 13.3. The van der Waals surface area contributed by atoms with Crippen LogP contribution in [0.4, 0.5) is 5.69 Å². The van der Waals surface area contributed by atoms with Crippen molar-refractivity contribution in [3.8, 4) is 5.75 Å². The van der Waals surface area contributed by atoms with Crippen LogP contribution in [0.15, 0.2) is 53.4 Å². The minimum atomic E-state index is -3.69. The molecule has 0 saturated carbocycles. The predicted octanol–water partition coefficient (Wildman–Crippen LogP) is 3.48. The lowest BCUT2D eigenvalue weighted by molar-refractivity contribution is -0.118. The van der Waals surface area contributed by atoms with Crippen molar-refractivity contribution in [2.24, 2.45) is 5.92 Å². The van der Waals surface area contributed by atoms with Gasteiger partial charge >= 0.3 is 0 Å².